The van der Waals surface area contributed by atoms with Crippen LogP contribution in [0.3, 0.4) is 0 Å². The lowest BCUT2D eigenvalue weighted by atomic mass is 9.95. The van der Waals surface area contributed by atoms with E-state index in [1.165, 1.54) is 0 Å². The second kappa shape index (κ2) is 12.7. The van der Waals surface area contributed by atoms with Crippen LogP contribution in [0.1, 0.15) is 19.3 Å². The van der Waals surface area contributed by atoms with Crippen LogP contribution in [0.2, 0.25) is 10.0 Å². The number of anilines is 1. The number of benzene rings is 1. The summed E-state index contributed by atoms with van der Waals surface area (Å²) < 4.78 is 5.75. The lowest BCUT2D eigenvalue weighted by Gasteiger charge is -2.33. The van der Waals surface area contributed by atoms with Gasteiger partial charge < -0.3 is 14.5 Å². The van der Waals surface area contributed by atoms with Crippen LogP contribution in [0.5, 0.6) is 5.88 Å². The quantitative estimate of drug-likeness (QED) is 0.477. The Morgan fingerprint density at radius 1 is 0.886 bits per heavy atom. The normalized spacial score (nSPS) is 18.1. The largest absolute Gasteiger partial charge is 0.477 e. The molecule has 2 fully saturated rings. The Morgan fingerprint density at radius 3 is 2.26 bits per heavy atom. The van der Waals surface area contributed by atoms with Crippen LogP contribution in [-0.2, 0) is 4.79 Å². The van der Waals surface area contributed by atoms with Gasteiger partial charge in [-0.25, -0.2) is 15.0 Å². The summed E-state index contributed by atoms with van der Waals surface area (Å²) in [7, 11) is 0. The van der Waals surface area contributed by atoms with Crippen molar-refractivity contribution >= 4 is 35.1 Å². The van der Waals surface area contributed by atoms with Gasteiger partial charge in [-0.2, -0.15) is 0 Å². The fourth-order valence-corrected chi connectivity index (χ4v) is 4.53. The van der Waals surface area contributed by atoms with E-state index in [-0.39, 0.29) is 11.8 Å². The lowest BCUT2D eigenvalue weighted by Crippen LogP contribution is -2.42. The molecule has 1 amide bonds. The minimum absolute atomic E-state index is 0.0950. The van der Waals surface area contributed by atoms with E-state index in [0.717, 1.165) is 56.4 Å². The summed E-state index contributed by atoms with van der Waals surface area (Å²) in [5.74, 6) is 2.05. The van der Waals surface area contributed by atoms with E-state index in [4.69, 9.17) is 27.9 Å². The summed E-state index contributed by atoms with van der Waals surface area (Å²) in [6.07, 6.45) is 7.76. The molecule has 3 aromatic rings. The van der Waals surface area contributed by atoms with E-state index in [9.17, 15) is 4.79 Å². The van der Waals surface area contributed by atoms with Gasteiger partial charge in [-0.15, -0.1) is 0 Å². The molecule has 2 aliphatic rings. The van der Waals surface area contributed by atoms with E-state index < -0.39 is 0 Å². The van der Waals surface area contributed by atoms with Gasteiger partial charge in [0.15, 0.2) is 0 Å². The van der Waals surface area contributed by atoms with Crippen molar-refractivity contribution in [2.24, 2.45) is 11.8 Å². The molecule has 0 saturated carbocycles. The average molecular weight is 514 g/mol. The summed E-state index contributed by atoms with van der Waals surface area (Å²) in [5.41, 5.74) is 0. The molecule has 0 spiro atoms. The number of amides is 1. The van der Waals surface area contributed by atoms with Crippen molar-refractivity contribution in [2.75, 3.05) is 37.7 Å². The number of ether oxygens (including phenoxy) is 1. The van der Waals surface area contributed by atoms with Crippen molar-refractivity contribution in [3.63, 3.8) is 0 Å². The highest BCUT2D eigenvalue weighted by Gasteiger charge is 2.33. The molecule has 0 bridgehead atoms. The molecule has 1 unspecified atom stereocenters. The number of nitrogens with zero attached hydrogens (tertiary/aromatic N) is 5. The topological polar surface area (TPSA) is 71.5 Å². The van der Waals surface area contributed by atoms with Crippen molar-refractivity contribution in [3.8, 4) is 5.88 Å². The maximum Gasteiger partial charge on any atom is 0.225 e. The van der Waals surface area contributed by atoms with Gasteiger partial charge in [0.2, 0.25) is 17.7 Å². The molecule has 0 radical (unpaired) electrons. The van der Waals surface area contributed by atoms with Crippen LogP contribution in [0.25, 0.3) is 0 Å². The zero-order valence-electron chi connectivity index (χ0n) is 19.5. The summed E-state index contributed by atoms with van der Waals surface area (Å²) in [6.45, 7) is 3.78. The van der Waals surface area contributed by atoms with Crippen LogP contribution < -0.4 is 9.64 Å². The smallest absolute Gasteiger partial charge is 0.225 e. The molecular formula is C26H29Cl2N5O2. The van der Waals surface area contributed by atoms with Crippen LogP contribution in [-0.4, -0.2) is 58.5 Å². The number of carbonyl (C=O) groups is 1. The minimum atomic E-state index is 0.0950. The summed E-state index contributed by atoms with van der Waals surface area (Å²) >= 11 is 11.4. The van der Waals surface area contributed by atoms with Gasteiger partial charge in [0.05, 0.1) is 11.6 Å². The molecule has 9 heteroatoms. The molecule has 2 aromatic heterocycles. The third kappa shape index (κ3) is 7.54. The van der Waals surface area contributed by atoms with Crippen molar-refractivity contribution in [2.45, 2.75) is 19.3 Å². The van der Waals surface area contributed by atoms with Crippen molar-refractivity contribution < 1.29 is 9.53 Å². The number of hydrogen-bond donors (Lipinski definition) is 0. The monoisotopic (exact) mass is 513 g/mol. The van der Waals surface area contributed by atoms with Crippen LogP contribution in [0, 0.1) is 11.8 Å². The van der Waals surface area contributed by atoms with Crippen LogP contribution >= 0.6 is 23.2 Å². The predicted octanol–water partition coefficient (Wildman–Crippen LogP) is 5.01. The van der Waals surface area contributed by atoms with Crippen molar-refractivity contribution in [3.05, 3.63) is 77.2 Å². The van der Waals surface area contributed by atoms with Gasteiger partial charge in [0.25, 0.3) is 0 Å². The molecule has 7 nitrogen and oxygen atoms in total. The average Bonchev–Trinajstić information content (AvgIpc) is 3.39. The van der Waals surface area contributed by atoms with Crippen LogP contribution in [0.15, 0.2) is 67.1 Å². The molecule has 35 heavy (non-hydrogen) atoms. The molecule has 1 aromatic carbocycles. The second-order valence-corrected chi connectivity index (χ2v) is 9.54. The highest BCUT2D eigenvalue weighted by molar-refractivity contribution is 6.30. The maximum atomic E-state index is 12.9. The number of likely N-dealkylation sites (tertiary alicyclic amines) is 1. The Morgan fingerprint density at radius 2 is 1.63 bits per heavy atom. The molecule has 184 valence electrons. The number of halogens is 2. The SMILES string of the molecule is Clc1ccccc1.O=C(C1CCN(c2ncccn2)CC1)N1CCC(COc2ccc(Cl)cn2)C1. The molecular weight excluding hydrogens is 485 g/mol. The molecule has 1 atom stereocenters. The van der Waals surface area contributed by atoms with E-state index in [1.54, 1.807) is 30.7 Å². The minimum Gasteiger partial charge on any atom is -0.477 e. The third-order valence-corrected chi connectivity index (χ3v) is 6.65. The molecule has 4 heterocycles. The van der Waals surface area contributed by atoms with Gasteiger partial charge in [-0.05, 0) is 43.5 Å². The number of aromatic nitrogens is 3. The first kappa shape index (κ1) is 25.2. The Kier molecular flexibility index (Phi) is 9.15. The third-order valence-electron chi connectivity index (χ3n) is 6.18. The first-order valence-electron chi connectivity index (χ1n) is 11.8. The molecule has 0 N–H and O–H groups in total. The first-order chi connectivity index (χ1) is 17.1. The van der Waals surface area contributed by atoms with Gasteiger partial charge in [-0.1, -0.05) is 41.4 Å². The number of pyridine rings is 1. The highest BCUT2D eigenvalue weighted by Crippen LogP contribution is 2.26. The molecule has 5 rings (SSSR count). The Balaban J connectivity index is 0.000000356. The number of rotatable bonds is 5. The van der Waals surface area contributed by atoms with Gasteiger partial charge in [0.1, 0.15) is 0 Å². The maximum absolute atomic E-state index is 12.9. The van der Waals surface area contributed by atoms with E-state index in [0.29, 0.717) is 23.4 Å². The fourth-order valence-electron chi connectivity index (χ4n) is 4.27. The molecule has 2 aliphatic heterocycles. The number of piperidine rings is 1. The Bertz CT molecular complexity index is 1050. The van der Waals surface area contributed by atoms with E-state index >= 15 is 0 Å². The lowest BCUT2D eigenvalue weighted by molar-refractivity contribution is -0.135. The zero-order valence-corrected chi connectivity index (χ0v) is 21.0. The molecule has 2 saturated heterocycles. The van der Waals surface area contributed by atoms with Gasteiger partial charge in [0, 0.05) is 67.7 Å². The zero-order chi connectivity index (χ0) is 24.5. The highest BCUT2D eigenvalue weighted by atomic mass is 35.5. The van der Waals surface area contributed by atoms with E-state index in [2.05, 4.69) is 19.9 Å². The summed E-state index contributed by atoms with van der Waals surface area (Å²) in [5, 5.41) is 1.39. The number of hydrogen-bond acceptors (Lipinski definition) is 6. The Hall–Kier alpha value is -2.90. The summed E-state index contributed by atoms with van der Waals surface area (Å²) in [4.78, 5) is 29.8. The standard InChI is InChI=1S/C20H24ClN5O2.C6H5Cl/c21-17-2-3-18(24-12-17)28-14-15-4-9-26(13-15)19(27)16-5-10-25(11-6-16)20-22-7-1-8-23-20;7-6-4-2-1-3-5-6/h1-3,7-8,12,15-16H,4-6,9-11,13-14H2;1-5H. The number of carbonyl (C=O) groups excluding carboxylic acids is 1. The Labute approximate surface area is 216 Å². The first-order valence-corrected chi connectivity index (χ1v) is 12.6. The summed E-state index contributed by atoms with van der Waals surface area (Å²) in [6, 6.07) is 14.8. The van der Waals surface area contributed by atoms with Gasteiger partial charge >= 0.3 is 0 Å². The predicted molar refractivity (Wildman–Crippen MR) is 138 cm³/mol. The van der Waals surface area contributed by atoms with Crippen LogP contribution in [0.4, 0.5) is 5.95 Å². The second-order valence-electron chi connectivity index (χ2n) is 8.67. The van der Waals surface area contributed by atoms with Crippen molar-refractivity contribution in [1.82, 2.24) is 19.9 Å². The molecule has 0 aliphatic carbocycles. The fraction of sp³-hybridized carbons (Fsp3) is 0.385. The van der Waals surface area contributed by atoms with E-state index in [1.807, 2.05) is 41.3 Å². The van der Waals surface area contributed by atoms with Crippen molar-refractivity contribution in [1.29, 1.82) is 0 Å². The van der Waals surface area contributed by atoms with Gasteiger partial charge in [-0.3, -0.25) is 4.79 Å².